The maximum Gasteiger partial charge on any atom is 0.308 e. The molecule has 0 saturated carbocycles. The Bertz CT molecular complexity index is 299. The molecule has 0 unspecified atom stereocenters. The molecule has 1 amide bonds. The summed E-state index contributed by atoms with van der Waals surface area (Å²) in [6.07, 6.45) is 4.17. The van der Waals surface area contributed by atoms with Crippen molar-refractivity contribution in [1.82, 2.24) is 4.90 Å². The Hall–Kier alpha value is -1.10. The van der Waals surface area contributed by atoms with E-state index in [1.807, 2.05) is 0 Å². The topological polar surface area (TPSA) is 66.8 Å². The first-order chi connectivity index (χ1) is 8.16. The number of nitrogens with zero attached hydrogens (tertiary/aromatic N) is 1. The molecule has 0 aromatic heterocycles. The van der Waals surface area contributed by atoms with Crippen LogP contribution in [0.3, 0.4) is 0 Å². The van der Waals surface area contributed by atoms with Crippen LogP contribution < -0.4 is 0 Å². The third-order valence-corrected chi connectivity index (χ3v) is 3.57. The van der Waals surface area contributed by atoms with Gasteiger partial charge in [0.15, 0.2) is 0 Å². The van der Waals surface area contributed by atoms with E-state index < -0.39 is 5.97 Å². The van der Waals surface area contributed by atoms with Gasteiger partial charge in [0.2, 0.25) is 5.91 Å². The summed E-state index contributed by atoms with van der Waals surface area (Å²) in [6, 6.07) is 0. The van der Waals surface area contributed by atoms with Gasteiger partial charge in [-0.1, -0.05) is 0 Å². The molecule has 96 valence electrons. The van der Waals surface area contributed by atoms with Crippen molar-refractivity contribution < 1.29 is 19.4 Å². The van der Waals surface area contributed by atoms with Crippen molar-refractivity contribution in [3.8, 4) is 0 Å². The molecular weight excluding hydrogens is 222 g/mol. The molecule has 2 aliphatic rings. The molecular formula is C12H19NO4. The van der Waals surface area contributed by atoms with Gasteiger partial charge in [-0.05, 0) is 25.7 Å². The number of hydrogen-bond acceptors (Lipinski definition) is 3. The Morgan fingerprint density at radius 3 is 2.71 bits per heavy atom. The van der Waals surface area contributed by atoms with Crippen LogP contribution in [-0.2, 0) is 14.3 Å². The Kier molecular flexibility index (Phi) is 3.99. The molecule has 0 radical (unpaired) electrons. The van der Waals surface area contributed by atoms with Crippen LogP contribution in [0.1, 0.15) is 32.1 Å². The fourth-order valence-corrected chi connectivity index (χ4v) is 2.48. The van der Waals surface area contributed by atoms with Crippen LogP contribution in [0, 0.1) is 5.92 Å². The van der Waals surface area contributed by atoms with Gasteiger partial charge in [0, 0.05) is 19.7 Å². The van der Waals surface area contributed by atoms with Crippen molar-refractivity contribution in [3.05, 3.63) is 0 Å². The van der Waals surface area contributed by atoms with Crippen molar-refractivity contribution in [2.24, 2.45) is 5.92 Å². The lowest BCUT2D eigenvalue weighted by molar-refractivity contribution is -0.141. The number of carbonyl (C=O) groups excluding carboxylic acids is 1. The van der Waals surface area contributed by atoms with E-state index in [9.17, 15) is 9.59 Å². The first kappa shape index (κ1) is 12.4. The molecule has 5 nitrogen and oxygen atoms in total. The Morgan fingerprint density at radius 1 is 1.29 bits per heavy atom. The van der Waals surface area contributed by atoms with Gasteiger partial charge in [0.05, 0.1) is 18.4 Å². The Labute approximate surface area is 101 Å². The second-order valence-electron chi connectivity index (χ2n) is 4.86. The van der Waals surface area contributed by atoms with E-state index >= 15 is 0 Å². The molecule has 2 rings (SSSR count). The molecule has 2 saturated heterocycles. The average molecular weight is 241 g/mol. The highest BCUT2D eigenvalue weighted by atomic mass is 16.5. The summed E-state index contributed by atoms with van der Waals surface area (Å²) in [5.74, 6) is -1.14. The van der Waals surface area contributed by atoms with E-state index in [1.165, 1.54) is 0 Å². The minimum absolute atomic E-state index is 0.0418. The van der Waals surface area contributed by atoms with Crippen LogP contribution in [0.4, 0.5) is 0 Å². The van der Waals surface area contributed by atoms with E-state index in [0.717, 1.165) is 25.9 Å². The second-order valence-corrected chi connectivity index (χ2v) is 4.86. The van der Waals surface area contributed by atoms with Gasteiger partial charge >= 0.3 is 5.97 Å². The summed E-state index contributed by atoms with van der Waals surface area (Å²) in [4.78, 5) is 24.4. The van der Waals surface area contributed by atoms with Gasteiger partial charge in [-0.3, -0.25) is 9.59 Å². The van der Waals surface area contributed by atoms with Crippen LogP contribution in [0.25, 0.3) is 0 Å². The maximum absolute atomic E-state index is 11.9. The van der Waals surface area contributed by atoms with Crippen LogP contribution in [-0.4, -0.2) is 47.7 Å². The number of rotatable bonds is 3. The van der Waals surface area contributed by atoms with Crippen molar-refractivity contribution in [1.29, 1.82) is 0 Å². The monoisotopic (exact) mass is 241 g/mol. The van der Waals surface area contributed by atoms with Gasteiger partial charge < -0.3 is 14.7 Å². The summed E-state index contributed by atoms with van der Waals surface area (Å²) < 4.78 is 5.52. The Morgan fingerprint density at radius 2 is 2.12 bits per heavy atom. The summed E-state index contributed by atoms with van der Waals surface area (Å²) >= 11 is 0. The van der Waals surface area contributed by atoms with Crippen molar-refractivity contribution in [2.75, 3.05) is 19.7 Å². The van der Waals surface area contributed by atoms with Gasteiger partial charge in [0.25, 0.3) is 0 Å². The van der Waals surface area contributed by atoms with Crippen LogP contribution in [0.15, 0.2) is 0 Å². The Balaban J connectivity index is 1.78. The van der Waals surface area contributed by atoms with Crippen LogP contribution in [0.2, 0.25) is 0 Å². The van der Waals surface area contributed by atoms with Gasteiger partial charge in [-0.15, -0.1) is 0 Å². The number of aliphatic carboxylic acids is 1. The highest BCUT2D eigenvalue weighted by Gasteiger charge is 2.31. The van der Waals surface area contributed by atoms with Crippen LogP contribution >= 0.6 is 0 Å². The SMILES string of the molecule is O=C(O)[C@@H]1CCN(C(=O)C[C@H]2CCCCO2)C1. The van der Waals surface area contributed by atoms with Gasteiger partial charge in [-0.25, -0.2) is 0 Å². The summed E-state index contributed by atoms with van der Waals surface area (Å²) in [5, 5.41) is 8.87. The quantitative estimate of drug-likeness (QED) is 0.796. The zero-order valence-electron chi connectivity index (χ0n) is 9.93. The largest absolute Gasteiger partial charge is 0.481 e. The second kappa shape index (κ2) is 5.49. The van der Waals surface area contributed by atoms with Crippen molar-refractivity contribution >= 4 is 11.9 Å². The third kappa shape index (κ3) is 3.19. The standard InChI is InChI=1S/C12H19NO4/c14-11(7-10-3-1-2-6-17-10)13-5-4-9(8-13)12(15)16/h9-10H,1-8H2,(H,15,16)/t9-,10-/m1/s1. The van der Waals surface area contributed by atoms with Gasteiger partial charge in [-0.2, -0.15) is 0 Å². The number of likely N-dealkylation sites (tertiary alicyclic amines) is 1. The first-order valence-electron chi connectivity index (χ1n) is 6.29. The predicted molar refractivity (Wildman–Crippen MR) is 60.5 cm³/mol. The third-order valence-electron chi connectivity index (χ3n) is 3.57. The fourth-order valence-electron chi connectivity index (χ4n) is 2.48. The number of carboxylic acid groups (broad SMARTS) is 1. The highest BCUT2D eigenvalue weighted by molar-refractivity contribution is 5.79. The lowest BCUT2D eigenvalue weighted by Crippen LogP contribution is -2.34. The minimum Gasteiger partial charge on any atom is -0.481 e. The van der Waals surface area contributed by atoms with Crippen molar-refractivity contribution in [3.63, 3.8) is 0 Å². The number of amides is 1. The predicted octanol–water partition coefficient (Wildman–Crippen LogP) is 0.879. The highest BCUT2D eigenvalue weighted by Crippen LogP contribution is 2.20. The van der Waals surface area contributed by atoms with Crippen molar-refractivity contribution in [2.45, 2.75) is 38.2 Å². The first-order valence-corrected chi connectivity index (χ1v) is 6.29. The molecule has 2 heterocycles. The molecule has 5 heteroatoms. The van der Waals surface area contributed by atoms with E-state index in [2.05, 4.69) is 0 Å². The molecule has 17 heavy (non-hydrogen) atoms. The number of carbonyl (C=O) groups is 2. The molecule has 2 fully saturated rings. The lowest BCUT2D eigenvalue weighted by Gasteiger charge is -2.24. The van der Waals surface area contributed by atoms with Gasteiger partial charge in [0.1, 0.15) is 0 Å². The summed E-state index contributed by atoms with van der Waals surface area (Å²) in [7, 11) is 0. The average Bonchev–Trinajstić information content (AvgIpc) is 2.79. The number of carboxylic acids is 1. The molecule has 2 atom stereocenters. The van der Waals surface area contributed by atoms with E-state index in [1.54, 1.807) is 4.90 Å². The zero-order chi connectivity index (χ0) is 12.3. The molecule has 1 N–H and O–H groups in total. The molecule has 0 spiro atoms. The smallest absolute Gasteiger partial charge is 0.308 e. The maximum atomic E-state index is 11.9. The summed E-state index contributed by atoms with van der Waals surface area (Å²) in [6.45, 7) is 1.68. The molecule has 0 aromatic carbocycles. The molecule has 0 aromatic rings. The van der Waals surface area contributed by atoms with E-state index in [-0.39, 0.29) is 17.9 Å². The molecule has 2 aliphatic heterocycles. The fraction of sp³-hybridized carbons (Fsp3) is 0.833. The molecule has 0 aliphatic carbocycles. The zero-order valence-corrected chi connectivity index (χ0v) is 9.93. The minimum atomic E-state index is -0.797. The van der Waals surface area contributed by atoms with E-state index in [4.69, 9.17) is 9.84 Å². The lowest BCUT2D eigenvalue weighted by atomic mass is 10.1. The number of hydrogen-bond donors (Lipinski definition) is 1. The van der Waals surface area contributed by atoms with Crippen LogP contribution in [0.5, 0.6) is 0 Å². The normalized spacial score (nSPS) is 29.3. The number of ether oxygens (including phenoxy) is 1. The summed E-state index contributed by atoms with van der Waals surface area (Å²) in [5.41, 5.74) is 0. The molecule has 0 bridgehead atoms. The van der Waals surface area contributed by atoms with E-state index in [0.29, 0.717) is 25.9 Å².